The smallest absolute Gasteiger partial charge is 0.252 e. The molecular weight excluding hydrogens is 202 g/mol. The third-order valence-electron chi connectivity index (χ3n) is 1.52. The molecule has 1 aromatic carbocycles. The first-order valence-corrected chi connectivity index (χ1v) is 3.93. The Bertz CT molecular complexity index is 336. The van der Waals surface area contributed by atoms with Crippen LogP contribution in [0.5, 0.6) is 0 Å². The predicted molar refractivity (Wildman–Crippen MR) is 46.3 cm³/mol. The highest BCUT2D eigenvalue weighted by molar-refractivity contribution is 6.68. The molecular formula is C8H5Cl2FO. The van der Waals surface area contributed by atoms with Crippen LogP contribution in [0.2, 0.25) is 5.02 Å². The number of carbonyl (C=O) groups excluding carboxylic acids is 1. The molecule has 4 heteroatoms. The number of halogens is 3. The number of carbonyl (C=O) groups is 1. The van der Waals surface area contributed by atoms with E-state index in [1.807, 2.05) is 0 Å². The Morgan fingerprint density at radius 1 is 1.50 bits per heavy atom. The Labute approximate surface area is 79.1 Å². The van der Waals surface area contributed by atoms with E-state index in [2.05, 4.69) is 0 Å². The van der Waals surface area contributed by atoms with Crippen molar-refractivity contribution in [1.29, 1.82) is 0 Å². The molecule has 12 heavy (non-hydrogen) atoms. The molecule has 0 atom stereocenters. The Balaban J connectivity index is 3.37. The minimum absolute atomic E-state index is 0.113. The molecule has 0 spiro atoms. The maximum absolute atomic E-state index is 12.9. The molecule has 0 radical (unpaired) electrons. The van der Waals surface area contributed by atoms with Gasteiger partial charge in [-0.2, -0.15) is 0 Å². The van der Waals surface area contributed by atoms with Crippen LogP contribution in [0.1, 0.15) is 15.9 Å². The van der Waals surface area contributed by atoms with Crippen LogP contribution in [-0.4, -0.2) is 5.24 Å². The highest BCUT2D eigenvalue weighted by Crippen LogP contribution is 2.20. The molecule has 1 aromatic rings. The van der Waals surface area contributed by atoms with Crippen molar-refractivity contribution in [1.82, 2.24) is 0 Å². The molecule has 0 saturated carbocycles. The molecule has 0 bridgehead atoms. The lowest BCUT2D eigenvalue weighted by Crippen LogP contribution is -1.96. The van der Waals surface area contributed by atoms with Crippen molar-refractivity contribution in [3.63, 3.8) is 0 Å². The number of hydrogen-bond donors (Lipinski definition) is 0. The molecule has 0 N–H and O–H groups in total. The maximum Gasteiger partial charge on any atom is 0.252 e. The van der Waals surface area contributed by atoms with Crippen LogP contribution in [0.3, 0.4) is 0 Å². The van der Waals surface area contributed by atoms with Crippen molar-refractivity contribution < 1.29 is 9.18 Å². The third-order valence-corrected chi connectivity index (χ3v) is 1.94. The number of hydrogen-bond acceptors (Lipinski definition) is 1. The molecule has 0 aliphatic heterocycles. The summed E-state index contributed by atoms with van der Waals surface area (Å²) < 4.78 is 12.9. The standard InChI is InChI=1S/C8H5Cl2FO/c1-4-6(8(10)12)2-5(9)3-7(4)11/h2-3H,1H3. The Hall–Kier alpha value is -0.600. The molecule has 64 valence electrons. The topological polar surface area (TPSA) is 17.1 Å². The summed E-state index contributed by atoms with van der Waals surface area (Å²) >= 11 is 10.7. The second-order valence-electron chi connectivity index (χ2n) is 2.33. The van der Waals surface area contributed by atoms with E-state index in [-0.39, 0.29) is 16.1 Å². The molecule has 1 rings (SSSR count). The monoisotopic (exact) mass is 206 g/mol. The predicted octanol–water partition coefficient (Wildman–Crippen LogP) is 3.17. The van der Waals surface area contributed by atoms with Crippen LogP contribution in [-0.2, 0) is 0 Å². The molecule has 0 heterocycles. The Kier molecular flexibility index (Phi) is 2.70. The first-order valence-electron chi connectivity index (χ1n) is 3.18. The van der Waals surface area contributed by atoms with Crippen molar-refractivity contribution in [2.24, 2.45) is 0 Å². The molecule has 0 aliphatic rings. The zero-order valence-electron chi connectivity index (χ0n) is 6.20. The van der Waals surface area contributed by atoms with Gasteiger partial charge in [-0.25, -0.2) is 4.39 Å². The van der Waals surface area contributed by atoms with Crippen LogP contribution < -0.4 is 0 Å². The second kappa shape index (κ2) is 3.42. The quantitative estimate of drug-likeness (QED) is 0.646. The summed E-state index contributed by atoms with van der Waals surface area (Å²) in [5.41, 5.74) is 0.334. The summed E-state index contributed by atoms with van der Waals surface area (Å²) in [6.45, 7) is 1.47. The minimum atomic E-state index is -0.700. The lowest BCUT2D eigenvalue weighted by Gasteiger charge is -2.01. The average molecular weight is 207 g/mol. The van der Waals surface area contributed by atoms with Crippen molar-refractivity contribution in [3.8, 4) is 0 Å². The minimum Gasteiger partial charge on any atom is -0.276 e. The van der Waals surface area contributed by atoms with Gasteiger partial charge in [-0.05, 0) is 36.2 Å². The first kappa shape index (κ1) is 9.49. The van der Waals surface area contributed by atoms with E-state index in [1.165, 1.54) is 13.0 Å². The van der Waals surface area contributed by atoms with E-state index in [0.29, 0.717) is 0 Å². The fourth-order valence-electron chi connectivity index (χ4n) is 0.850. The van der Waals surface area contributed by atoms with Crippen molar-refractivity contribution in [3.05, 3.63) is 34.1 Å². The summed E-state index contributed by atoms with van der Waals surface area (Å²) in [4.78, 5) is 10.7. The zero-order chi connectivity index (χ0) is 9.30. The van der Waals surface area contributed by atoms with Gasteiger partial charge in [0.05, 0.1) is 0 Å². The SMILES string of the molecule is Cc1c(F)cc(Cl)cc1C(=O)Cl. The zero-order valence-corrected chi connectivity index (χ0v) is 7.71. The molecule has 0 aromatic heterocycles. The van der Waals surface area contributed by atoms with Gasteiger partial charge in [-0.15, -0.1) is 0 Å². The molecule has 0 saturated heterocycles. The van der Waals surface area contributed by atoms with Gasteiger partial charge in [-0.3, -0.25) is 4.79 Å². The fraction of sp³-hybridized carbons (Fsp3) is 0.125. The number of benzene rings is 1. The van der Waals surface area contributed by atoms with Crippen LogP contribution >= 0.6 is 23.2 Å². The lowest BCUT2D eigenvalue weighted by atomic mass is 10.1. The second-order valence-corrected chi connectivity index (χ2v) is 3.11. The summed E-state index contributed by atoms with van der Waals surface area (Å²) in [5, 5.41) is -0.531. The Morgan fingerprint density at radius 2 is 2.08 bits per heavy atom. The van der Waals surface area contributed by atoms with E-state index in [0.717, 1.165) is 6.07 Å². The van der Waals surface area contributed by atoms with Gasteiger partial charge in [0.15, 0.2) is 0 Å². The normalized spacial score (nSPS) is 10.0. The van der Waals surface area contributed by atoms with Gasteiger partial charge in [0, 0.05) is 10.6 Å². The van der Waals surface area contributed by atoms with Gasteiger partial charge in [-0.1, -0.05) is 11.6 Å². The Morgan fingerprint density at radius 3 is 2.58 bits per heavy atom. The lowest BCUT2D eigenvalue weighted by molar-refractivity contribution is 0.108. The van der Waals surface area contributed by atoms with Crippen molar-refractivity contribution in [2.45, 2.75) is 6.92 Å². The van der Waals surface area contributed by atoms with Gasteiger partial charge < -0.3 is 0 Å². The third kappa shape index (κ3) is 1.76. The van der Waals surface area contributed by atoms with Crippen molar-refractivity contribution >= 4 is 28.4 Å². The maximum atomic E-state index is 12.9. The van der Waals surface area contributed by atoms with Crippen LogP contribution in [0.15, 0.2) is 12.1 Å². The molecule has 0 aliphatic carbocycles. The summed E-state index contributed by atoms with van der Waals surface area (Å²) in [6.07, 6.45) is 0. The van der Waals surface area contributed by atoms with Crippen LogP contribution in [0, 0.1) is 12.7 Å². The van der Waals surface area contributed by atoms with E-state index in [4.69, 9.17) is 23.2 Å². The largest absolute Gasteiger partial charge is 0.276 e. The van der Waals surface area contributed by atoms with E-state index < -0.39 is 11.1 Å². The highest BCUT2D eigenvalue weighted by atomic mass is 35.5. The van der Waals surface area contributed by atoms with E-state index in [9.17, 15) is 9.18 Å². The molecule has 0 amide bonds. The van der Waals surface area contributed by atoms with Gasteiger partial charge in [0.2, 0.25) is 0 Å². The first-order chi connectivity index (χ1) is 5.52. The van der Waals surface area contributed by atoms with E-state index >= 15 is 0 Å². The van der Waals surface area contributed by atoms with E-state index in [1.54, 1.807) is 0 Å². The van der Waals surface area contributed by atoms with Gasteiger partial charge in [0.1, 0.15) is 5.82 Å². The fourth-order valence-corrected chi connectivity index (χ4v) is 1.25. The summed E-state index contributed by atoms with van der Waals surface area (Å²) in [7, 11) is 0. The van der Waals surface area contributed by atoms with Gasteiger partial charge >= 0.3 is 0 Å². The number of rotatable bonds is 1. The van der Waals surface area contributed by atoms with Crippen molar-refractivity contribution in [2.75, 3.05) is 0 Å². The summed E-state index contributed by atoms with van der Waals surface area (Å²) in [6, 6.07) is 2.48. The highest BCUT2D eigenvalue weighted by Gasteiger charge is 2.10. The van der Waals surface area contributed by atoms with Gasteiger partial charge in [0.25, 0.3) is 5.24 Å². The molecule has 1 nitrogen and oxygen atoms in total. The average Bonchev–Trinajstić information content (AvgIpc) is 1.96. The van der Waals surface area contributed by atoms with Crippen LogP contribution in [0.4, 0.5) is 4.39 Å². The molecule has 0 fully saturated rings. The summed E-state index contributed by atoms with van der Waals surface area (Å²) in [5.74, 6) is -0.522. The van der Waals surface area contributed by atoms with Crippen LogP contribution in [0.25, 0.3) is 0 Å². The molecule has 0 unspecified atom stereocenters.